The van der Waals surface area contributed by atoms with Gasteiger partial charge >= 0.3 is 0 Å². The van der Waals surface area contributed by atoms with Crippen LogP contribution in [0.25, 0.3) is 0 Å². The van der Waals surface area contributed by atoms with Gasteiger partial charge in [-0.05, 0) is 0 Å². The van der Waals surface area contributed by atoms with Crippen LogP contribution in [0.5, 0.6) is 0 Å². The van der Waals surface area contributed by atoms with Crippen molar-refractivity contribution < 1.29 is 4.79 Å². The molecule has 1 heterocycles. The molecule has 0 spiro atoms. The Labute approximate surface area is 85.7 Å². The number of hydrogen-bond donors (Lipinski definition) is 1. The Bertz CT molecular complexity index is 357. The molecule has 0 aliphatic heterocycles. The van der Waals surface area contributed by atoms with Gasteiger partial charge in [-0.1, -0.05) is 11.6 Å². The van der Waals surface area contributed by atoms with Gasteiger partial charge in [0.2, 0.25) is 0 Å². The fourth-order valence-corrected chi connectivity index (χ4v) is 0.850. The number of amides is 1. The van der Waals surface area contributed by atoms with Gasteiger partial charge in [0.15, 0.2) is 0 Å². The molecule has 0 aromatic carbocycles. The van der Waals surface area contributed by atoms with E-state index < -0.39 is 0 Å². The predicted octanol–water partition coefficient (Wildman–Crippen LogP) is 0.773. The number of carbonyl (C=O) groups excluding carboxylic acids is 1. The summed E-state index contributed by atoms with van der Waals surface area (Å²) in [5.41, 5.74) is 0.187. The molecule has 0 saturated carbocycles. The summed E-state index contributed by atoms with van der Waals surface area (Å²) in [6.45, 7) is 0.305. The summed E-state index contributed by atoms with van der Waals surface area (Å²) in [4.78, 5) is 18.7. The van der Waals surface area contributed by atoms with Crippen LogP contribution in [0.15, 0.2) is 12.4 Å². The van der Waals surface area contributed by atoms with Gasteiger partial charge in [0.05, 0.1) is 24.9 Å². The van der Waals surface area contributed by atoms with Gasteiger partial charge in [-0.3, -0.25) is 4.79 Å². The first-order valence-electron chi connectivity index (χ1n) is 3.86. The summed E-state index contributed by atoms with van der Waals surface area (Å²) in [5, 5.41) is 11.0. The third kappa shape index (κ3) is 2.99. The van der Waals surface area contributed by atoms with Crippen molar-refractivity contribution >= 4 is 17.5 Å². The molecule has 0 fully saturated rings. The molecule has 0 unspecified atom stereocenters. The topological polar surface area (TPSA) is 78.7 Å². The standard InChI is InChI=1S/C8H7ClN4O/c9-7-5-12-6(4-13-7)8(14)11-3-1-2-10/h4-5H,1,3H2,(H,11,14). The van der Waals surface area contributed by atoms with Gasteiger partial charge in [-0.25, -0.2) is 9.97 Å². The van der Waals surface area contributed by atoms with Gasteiger partial charge in [0, 0.05) is 6.54 Å². The van der Waals surface area contributed by atoms with E-state index in [0.29, 0.717) is 6.54 Å². The normalized spacial score (nSPS) is 9.14. The Balaban J connectivity index is 2.53. The highest BCUT2D eigenvalue weighted by Gasteiger charge is 2.05. The van der Waals surface area contributed by atoms with Crippen LogP contribution in [0.1, 0.15) is 16.9 Å². The lowest BCUT2D eigenvalue weighted by Crippen LogP contribution is -2.25. The molecule has 5 nitrogen and oxygen atoms in total. The van der Waals surface area contributed by atoms with Gasteiger partial charge in [0.25, 0.3) is 5.91 Å². The molecule has 1 aromatic heterocycles. The van der Waals surface area contributed by atoms with Gasteiger partial charge in [0.1, 0.15) is 10.8 Å². The minimum absolute atomic E-state index is 0.187. The van der Waals surface area contributed by atoms with Crippen molar-refractivity contribution in [3.63, 3.8) is 0 Å². The zero-order chi connectivity index (χ0) is 10.4. The third-order valence-electron chi connectivity index (χ3n) is 1.38. The number of carbonyl (C=O) groups is 1. The number of hydrogen-bond acceptors (Lipinski definition) is 4. The molecule has 1 N–H and O–H groups in total. The lowest BCUT2D eigenvalue weighted by Gasteiger charge is -2.00. The van der Waals surface area contributed by atoms with Gasteiger partial charge in [-0.2, -0.15) is 5.26 Å². The molecule has 0 saturated heterocycles. The van der Waals surface area contributed by atoms with E-state index in [1.54, 1.807) is 0 Å². The molecule has 72 valence electrons. The maximum absolute atomic E-state index is 11.3. The highest BCUT2D eigenvalue weighted by molar-refractivity contribution is 6.29. The van der Waals surface area contributed by atoms with Crippen molar-refractivity contribution in [2.45, 2.75) is 6.42 Å². The zero-order valence-electron chi connectivity index (χ0n) is 7.20. The van der Waals surface area contributed by atoms with E-state index in [4.69, 9.17) is 16.9 Å². The second-order valence-corrected chi connectivity index (χ2v) is 2.78. The van der Waals surface area contributed by atoms with Crippen molar-refractivity contribution in [3.05, 3.63) is 23.2 Å². The molecular formula is C8H7ClN4O. The number of aromatic nitrogens is 2. The van der Waals surface area contributed by atoms with Crippen LogP contribution in [0, 0.1) is 11.3 Å². The van der Waals surface area contributed by atoms with Crippen molar-refractivity contribution in [1.82, 2.24) is 15.3 Å². The molecule has 1 amide bonds. The summed E-state index contributed by atoms with van der Waals surface area (Å²) in [5.74, 6) is -0.357. The Hall–Kier alpha value is -1.67. The minimum Gasteiger partial charge on any atom is -0.350 e. The number of nitriles is 1. The highest BCUT2D eigenvalue weighted by atomic mass is 35.5. The second-order valence-electron chi connectivity index (χ2n) is 2.39. The molecule has 0 atom stereocenters. The predicted molar refractivity (Wildman–Crippen MR) is 49.6 cm³/mol. The molecule has 1 aromatic rings. The van der Waals surface area contributed by atoms with Crippen LogP contribution in [0.2, 0.25) is 5.15 Å². The van der Waals surface area contributed by atoms with Gasteiger partial charge < -0.3 is 5.32 Å². The fraction of sp³-hybridized carbons (Fsp3) is 0.250. The van der Waals surface area contributed by atoms with Crippen molar-refractivity contribution in [2.24, 2.45) is 0 Å². The van der Waals surface area contributed by atoms with Crippen LogP contribution in [-0.4, -0.2) is 22.4 Å². The summed E-state index contributed by atoms with van der Waals surface area (Å²) in [6.07, 6.45) is 2.84. The summed E-state index contributed by atoms with van der Waals surface area (Å²) in [6, 6.07) is 1.91. The van der Waals surface area contributed by atoms with Crippen LogP contribution in [0.3, 0.4) is 0 Å². The maximum Gasteiger partial charge on any atom is 0.271 e. The second kappa shape index (κ2) is 5.14. The lowest BCUT2D eigenvalue weighted by molar-refractivity contribution is 0.0949. The van der Waals surface area contributed by atoms with Crippen LogP contribution < -0.4 is 5.32 Å². The van der Waals surface area contributed by atoms with E-state index in [9.17, 15) is 4.79 Å². The number of halogens is 1. The van der Waals surface area contributed by atoms with E-state index in [1.165, 1.54) is 12.4 Å². The molecule has 0 radical (unpaired) electrons. The van der Waals surface area contributed by atoms with E-state index in [0.717, 1.165) is 0 Å². The minimum atomic E-state index is -0.357. The molecular weight excluding hydrogens is 204 g/mol. The van der Waals surface area contributed by atoms with Gasteiger partial charge in [-0.15, -0.1) is 0 Å². The van der Waals surface area contributed by atoms with E-state index in [1.807, 2.05) is 6.07 Å². The molecule has 0 aliphatic carbocycles. The first-order valence-corrected chi connectivity index (χ1v) is 4.24. The van der Waals surface area contributed by atoms with Crippen molar-refractivity contribution in [1.29, 1.82) is 5.26 Å². The van der Waals surface area contributed by atoms with E-state index in [-0.39, 0.29) is 23.2 Å². The fourth-order valence-electron chi connectivity index (χ4n) is 0.752. The van der Waals surface area contributed by atoms with E-state index >= 15 is 0 Å². The summed E-state index contributed by atoms with van der Waals surface area (Å²) in [7, 11) is 0. The molecule has 14 heavy (non-hydrogen) atoms. The van der Waals surface area contributed by atoms with E-state index in [2.05, 4.69) is 15.3 Å². The average molecular weight is 211 g/mol. The summed E-state index contributed by atoms with van der Waals surface area (Å²) < 4.78 is 0. The molecule has 1 rings (SSSR count). The zero-order valence-corrected chi connectivity index (χ0v) is 7.95. The molecule has 0 aliphatic rings. The summed E-state index contributed by atoms with van der Waals surface area (Å²) >= 11 is 5.49. The Morgan fingerprint density at radius 1 is 1.57 bits per heavy atom. The van der Waals surface area contributed by atoms with Crippen molar-refractivity contribution in [2.75, 3.05) is 6.54 Å². The number of nitrogens with one attached hydrogen (secondary N) is 1. The first kappa shape index (κ1) is 10.4. The quantitative estimate of drug-likeness (QED) is 0.748. The number of nitrogens with zero attached hydrogens (tertiary/aromatic N) is 3. The lowest BCUT2D eigenvalue weighted by atomic mass is 10.4. The SMILES string of the molecule is N#CCCNC(=O)c1cnc(Cl)cn1. The average Bonchev–Trinajstić information content (AvgIpc) is 2.19. The van der Waals surface area contributed by atoms with Crippen LogP contribution in [0.4, 0.5) is 0 Å². The molecule has 0 bridgehead atoms. The van der Waals surface area contributed by atoms with Crippen molar-refractivity contribution in [3.8, 4) is 6.07 Å². The third-order valence-corrected chi connectivity index (χ3v) is 1.57. The Morgan fingerprint density at radius 3 is 2.93 bits per heavy atom. The smallest absolute Gasteiger partial charge is 0.271 e. The monoisotopic (exact) mass is 210 g/mol. The first-order chi connectivity index (χ1) is 6.74. The Kier molecular flexibility index (Phi) is 3.83. The highest BCUT2D eigenvalue weighted by Crippen LogP contribution is 2.00. The largest absolute Gasteiger partial charge is 0.350 e. The van der Waals surface area contributed by atoms with Crippen LogP contribution >= 0.6 is 11.6 Å². The maximum atomic E-state index is 11.3. The number of rotatable bonds is 3. The van der Waals surface area contributed by atoms with Crippen LogP contribution in [-0.2, 0) is 0 Å². The Morgan fingerprint density at radius 2 is 2.36 bits per heavy atom. The molecule has 6 heteroatoms.